The molecule has 3 amide bonds. The number of carbonyl (C=O) groups is 3. The van der Waals surface area contributed by atoms with Crippen molar-refractivity contribution in [3.05, 3.63) is 86.6 Å². The minimum Gasteiger partial charge on any atom is -0.444 e. The van der Waals surface area contributed by atoms with Crippen molar-refractivity contribution in [2.24, 2.45) is 11.8 Å². The minimum atomic E-state index is -0.875. The number of nitrogens with zero attached hydrogens (tertiary/aromatic N) is 1. The molecule has 6 rings (SSSR count). The maximum absolute atomic E-state index is 13.8. The number of ether oxygens (including phenoxy) is 1. The van der Waals surface area contributed by atoms with E-state index < -0.39 is 17.7 Å². The number of rotatable bonds is 10. The van der Waals surface area contributed by atoms with E-state index in [1.165, 1.54) is 0 Å². The summed E-state index contributed by atoms with van der Waals surface area (Å²) in [6.07, 6.45) is 2.62. The van der Waals surface area contributed by atoms with Crippen LogP contribution in [0.5, 0.6) is 0 Å². The summed E-state index contributed by atoms with van der Waals surface area (Å²) in [5, 5.41) is 12.7. The Morgan fingerprint density at radius 1 is 0.906 bits per heavy atom. The molecular formula is C40H49N7O6. The van der Waals surface area contributed by atoms with Crippen LogP contribution in [0.3, 0.4) is 0 Å². The van der Waals surface area contributed by atoms with Crippen LogP contribution in [0.15, 0.2) is 64.2 Å². The van der Waals surface area contributed by atoms with Gasteiger partial charge < -0.3 is 30.7 Å². The summed E-state index contributed by atoms with van der Waals surface area (Å²) in [4.78, 5) is 69.7. The van der Waals surface area contributed by atoms with Crippen molar-refractivity contribution in [3.63, 3.8) is 0 Å². The summed E-state index contributed by atoms with van der Waals surface area (Å²) in [6, 6.07) is 16.0. The molecule has 3 aromatic carbocycles. The summed E-state index contributed by atoms with van der Waals surface area (Å²) in [6.45, 7) is 11.8. The number of hydrogen-bond acceptors (Lipinski definition) is 6. The Kier molecular flexibility index (Phi) is 10.6. The average Bonchev–Trinajstić information content (AvgIpc) is 3.64. The van der Waals surface area contributed by atoms with Crippen LogP contribution in [0.1, 0.15) is 77.5 Å². The van der Waals surface area contributed by atoms with Gasteiger partial charge in [0.15, 0.2) is 0 Å². The molecule has 13 heteroatoms. The Labute approximate surface area is 307 Å². The zero-order chi connectivity index (χ0) is 38.0. The first-order chi connectivity index (χ1) is 25.1. The molecule has 280 valence electrons. The number of amides is 3. The monoisotopic (exact) mass is 723 g/mol. The number of imidazole rings is 1. The van der Waals surface area contributed by atoms with Crippen LogP contribution >= 0.6 is 0 Å². The van der Waals surface area contributed by atoms with Gasteiger partial charge in [0, 0.05) is 30.6 Å². The number of benzene rings is 3. The summed E-state index contributed by atoms with van der Waals surface area (Å²) < 4.78 is 6.97. The zero-order valence-electron chi connectivity index (χ0n) is 31.1. The van der Waals surface area contributed by atoms with E-state index in [2.05, 4.69) is 31.0 Å². The quantitative estimate of drug-likeness (QED) is 0.102. The lowest BCUT2D eigenvalue weighted by atomic mass is 9.81. The van der Waals surface area contributed by atoms with Gasteiger partial charge in [0.2, 0.25) is 11.8 Å². The first kappa shape index (κ1) is 37.2. The van der Waals surface area contributed by atoms with Crippen LogP contribution in [0.2, 0.25) is 0 Å². The molecular weight excluding hydrogens is 674 g/mol. The van der Waals surface area contributed by atoms with Gasteiger partial charge in [0.05, 0.1) is 21.9 Å². The molecule has 1 aliphatic rings. The van der Waals surface area contributed by atoms with E-state index in [0.29, 0.717) is 41.5 Å². The van der Waals surface area contributed by atoms with Crippen molar-refractivity contribution < 1.29 is 19.1 Å². The number of nitrogens with one attached hydrogen (secondary N) is 6. The number of aromatic nitrogens is 4. The second kappa shape index (κ2) is 15.2. The standard InChI is InChI=1S/C40H49N7O6/c1-22(2)47-37(50)30-17-23(3)29(20-32(30)46-47)26-11-7-24(8-12-26)18-34(36(49)42-28-15-16-31-33(19-28)45-38(51)44-31)43-35(48)27-13-9-25(10-14-27)21-41-39(52)53-40(4,5)6/h7-8,11-12,15-17,19-20,22,25,27,34,46H,9-10,13-14,18,21H2,1-6H3,(H,41,52)(H,42,49)(H,43,48)(H2,44,45,51)/t25-,27-,34-/m0/s1. The Hall–Kier alpha value is -5.59. The average molecular weight is 724 g/mol. The number of anilines is 1. The number of alkyl carbamates (subject to hydrolysis) is 1. The molecule has 1 atom stereocenters. The Balaban J connectivity index is 1.16. The first-order valence-electron chi connectivity index (χ1n) is 18.3. The van der Waals surface area contributed by atoms with Gasteiger partial charge in [0.25, 0.3) is 5.56 Å². The molecule has 2 aromatic heterocycles. The van der Waals surface area contributed by atoms with Gasteiger partial charge in [-0.25, -0.2) is 14.3 Å². The van der Waals surface area contributed by atoms with Crippen LogP contribution in [-0.4, -0.2) is 55.8 Å². The van der Waals surface area contributed by atoms with E-state index in [-0.39, 0.29) is 47.4 Å². The molecule has 0 saturated heterocycles. The number of aromatic amines is 3. The lowest BCUT2D eigenvalue weighted by molar-refractivity contribution is -0.130. The lowest BCUT2D eigenvalue weighted by Crippen LogP contribution is -2.48. The molecule has 6 N–H and O–H groups in total. The van der Waals surface area contributed by atoms with Gasteiger partial charge in [-0.3, -0.25) is 19.5 Å². The third kappa shape index (κ3) is 8.90. The number of aryl methyl sites for hydroxylation is 1. The van der Waals surface area contributed by atoms with Crippen molar-refractivity contribution in [1.29, 1.82) is 0 Å². The summed E-state index contributed by atoms with van der Waals surface area (Å²) in [5.74, 6) is -0.591. The van der Waals surface area contributed by atoms with E-state index in [0.717, 1.165) is 40.6 Å². The van der Waals surface area contributed by atoms with Gasteiger partial charge in [-0.1, -0.05) is 24.3 Å². The molecule has 0 unspecified atom stereocenters. The van der Waals surface area contributed by atoms with Crippen LogP contribution in [0.25, 0.3) is 33.1 Å². The van der Waals surface area contributed by atoms with Crippen LogP contribution < -0.4 is 27.2 Å². The van der Waals surface area contributed by atoms with Gasteiger partial charge >= 0.3 is 11.8 Å². The molecule has 0 spiro atoms. The van der Waals surface area contributed by atoms with Crippen molar-refractivity contribution >= 4 is 45.5 Å². The molecule has 0 bridgehead atoms. The fraction of sp³-hybridized carbons (Fsp3) is 0.425. The molecule has 1 saturated carbocycles. The highest BCUT2D eigenvalue weighted by Crippen LogP contribution is 2.30. The predicted octanol–water partition coefficient (Wildman–Crippen LogP) is 6.05. The highest BCUT2D eigenvalue weighted by molar-refractivity contribution is 5.99. The first-order valence-corrected chi connectivity index (χ1v) is 18.3. The molecule has 0 radical (unpaired) electrons. The smallest absolute Gasteiger partial charge is 0.407 e. The number of fused-ring (bicyclic) bond motifs is 2. The molecule has 1 aliphatic carbocycles. The van der Waals surface area contributed by atoms with Crippen molar-refractivity contribution in [1.82, 2.24) is 30.4 Å². The zero-order valence-corrected chi connectivity index (χ0v) is 31.1. The van der Waals surface area contributed by atoms with Crippen molar-refractivity contribution in [2.75, 3.05) is 11.9 Å². The van der Waals surface area contributed by atoms with E-state index >= 15 is 0 Å². The third-order valence-electron chi connectivity index (χ3n) is 9.84. The largest absolute Gasteiger partial charge is 0.444 e. The maximum atomic E-state index is 13.8. The highest BCUT2D eigenvalue weighted by atomic mass is 16.6. The maximum Gasteiger partial charge on any atom is 0.407 e. The third-order valence-corrected chi connectivity index (χ3v) is 9.84. The number of hydrogen-bond donors (Lipinski definition) is 6. The van der Waals surface area contributed by atoms with Gasteiger partial charge in [-0.15, -0.1) is 0 Å². The Bertz CT molecular complexity index is 2250. The fourth-order valence-corrected chi connectivity index (χ4v) is 7.03. The molecule has 0 aliphatic heterocycles. The van der Waals surface area contributed by atoms with Crippen molar-refractivity contribution in [3.8, 4) is 11.1 Å². The molecule has 5 aromatic rings. The van der Waals surface area contributed by atoms with E-state index in [9.17, 15) is 24.0 Å². The summed E-state index contributed by atoms with van der Waals surface area (Å²) in [7, 11) is 0. The minimum absolute atomic E-state index is 0.00675. The van der Waals surface area contributed by atoms with E-state index in [1.54, 1.807) is 22.9 Å². The Morgan fingerprint density at radius 2 is 1.60 bits per heavy atom. The van der Waals surface area contributed by atoms with Gasteiger partial charge in [-0.2, -0.15) is 0 Å². The van der Waals surface area contributed by atoms with Crippen LogP contribution in [0, 0.1) is 18.8 Å². The van der Waals surface area contributed by atoms with Crippen LogP contribution in [-0.2, 0) is 20.7 Å². The van der Waals surface area contributed by atoms with E-state index in [4.69, 9.17) is 4.74 Å². The molecule has 13 nitrogen and oxygen atoms in total. The number of H-pyrrole nitrogens is 3. The normalized spacial score (nSPS) is 16.8. The summed E-state index contributed by atoms with van der Waals surface area (Å²) >= 11 is 0. The lowest BCUT2D eigenvalue weighted by Gasteiger charge is -2.29. The predicted molar refractivity (Wildman–Crippen MR) is 206 cm³/mol. The second-order valence-corrected chi connectivity index (χ2v) is 15.5. The molecule has 1 fully saturated rings. The molecule has 53 heavy (non-hydrogen) atoms. The van der Waals surface area contributed by atoms with Gasteiger partial charge in [0.1, 0.15) is 11.6 Å². The van der Waals surface area contributed by atoms with Gasteiger partial charge in [-0.05, 0) is 126 Å². The fourth-order valence-electron chi connectivity index (χ4n) is 7.03. The van der Waals surface area contributed by atoms with Crippen molar-refractivity contribution in [2.45, 2.75) is 91.3 Å². The highest BCUT2D eigenvalue weighted by Gasteiger charge is 2.30. The topological polar surface area (TPSA) is 183 Å². The number of carbonyl (C=O) groups excluding carboxylic acids is 3. The summed E-state index contributed by atoms with van der Waals surface area (Å²) in [5.41, 5.74) is 5.24. The Morgan fingerprint density at radius 3 is 2.28 bits per heavy atom. The van der Waals surface area contributed by atoms with E-state index in [1.807, 2.05) is 77.9 Å². The second-order valence-electron chi connectivity index (χ2n) is 15.5. The molecule has 2 heterocycles. The SMILES string of the molecule is Cc1cc2c(=O)n(C(C)C)[nH]c2cc1-c1ccc(C[C@H](NC(=O)[C@H]2CC[C@H](CNC(=O)OC(C)(C)C)CC2)C(=O)Nc2ccc3[nH]c(=O)[nH]c3c2)cc1. The van der Waals surface area contributed by atoms with Crippen LogP contribution in [0.4, 0.5) is 10.5 Å².